The third kappa shape index (κ3) is 3.64. The number of methoxy groups -OCH3 is 1. The lowest BCUT2D eigenvalue weighted by atomic mass is 9.91. The van der Waals surface area contributed by atoms with E-state index in [1.807, 2.05) is 5.38 Å². The highest BCUT2D eigenvalue weighted by Gasteiger charge is 2.40. The number of benzene rings is 1. The van der Waals surface area contributed by atoms with Gasteiger partial charge in [0.15, 0.2) is 5.13 Å². The second-order valence-corrected chi connectivity index (χ2v) is 7.41. The average molecular weight is 364 g/mol. The van der Waals surface area contributed by atoms with E-state index in [2.05, 4.69) is 46.1 Å². The average Bonchev–Trinajstić information content (AvgIpc) is 3.10. The number of nitrogens with one attached hydrogen (secondary N) is 2. The number of amides is 1. The van der Waals surface area contributed by atoms with Crippen molar-refractivity contribution in [1.82, 2.24) is 10.3 Å². The maximum atomic E-state index is 12.6. The number of hydrogen-bond donors (Lipinski definition) is 2. The zero-order valence-electron chi connectivity index (χ0n) is 13.8. The van der Waals surface area contributed by atoms with Gasteiger partial charge in [0.2, 0.25) is 0 Å². The van der Waals surface area contributed by atoms with Crippen molar-refractivity contribution in [3.63, 3.8) is 0 Å². The van der Waals surface area contributed by atoms with E-state index >= 15 is 0 Å². The molecule has 1 fully saturated rings. The molecule has 0 unspecified atom stereocenters. The number of aromatic nitrogens is 1. The quantitative estimate of drug-likeness (QED) is 0.799. The van der Waals surface area contributed by atoms with Gasteiger partial charge in [-0.2, -0.15) is 0 Å². The van der Waals surface area contributed by atoms with Gasteiger partial charge in [0.25, 0.3) is 5.91 Å². The first-order valence-electron chi connectivity index (χ1n) is 7.84. The molecule has 1 aromatic heterocycles. The third-order valence-corrected chi connectivity index (χ3v) is 5.83. The monoisotopic (exact) mass is 363 g/mol. The summed E-state index contributed by atoms with van der Waals surface area (Å²) in [5.41, 5.74) is 1.17. The molecule has 24 heavy (non-hydrogen) atoms. The molecular weight excluding hydrogens is 342 g/mol. The molecule has 1 amide bonds. The van der Waals surface area contributed by atoms with Gasteiger partial charge in [-0.05, 0) is 44.3 Å². The highest BCUT2D eigenvalue weighted by atomic mass is 32.2. The predicted molar refractivity (Wildman–Crippen MR) is 99.8 cm³/mol. The molecule has 1 aliphatic heterocycles. The molecule has 0 atom stereocenters. The van der Waals surface area contributed by atoms with Crippen molar-refractivity contribution in [3.05, 3.63) is 29.6 Å². The predicted octanol–water partition coefficient (Wildman–Crippen LogP) is 3.24. The number of rotatable bonds is 5. The van der Waals surface area contributed by atoms with Gasteiger partial charge in [-0.15, -0.1) is 23.1 Å². The molecule has 0 radical (unpaired) electrons. The van der Waals surface area contributed by atoms with Crippen LogP contribution in [-0.2, 0) is 9.53 Å². The molecule has 3 rings (SSSR count). The molecule has 2 N–H and O–H groups in total. The summed E-state index contributed by atoms with van der Waals surface area (Å²) in [5, 5.41) is 8.75. The van der Waals surface area contributed by atoms with Crippen LogP contribution in [-0.4, -0.2) is 42.9 Å². The molecule has 1 aromatic carbocycles. The van der Waals surface area contributed by atoms with Gasteiger partial charge in [-0.3, -0.25) is 10.1 Å². The van der Waals surface area contributed by atoms with Gasteiger partial charge in [-0.25, -0.2) is 4.98 Å². The Balaban J connectivity index is 1.72. The summed E-state index contributed by atoms with van der Waals surface area (Å²) < 4.78 is 5.55. The minimum atomic E-state index is -0.753. The van der Waals surface area contributed by atoms with Gasteiger partial charge in [0.05, 0.1) is 5.69 Å². The Labute approximate surface area is 150 Å². The second kappa shape index (κ2) is 7.65. The fourth-order valence-electron chi connectivity index (χ4n) is 2.79. The number of hydrogen-bond acceptors (Lipinski definition) is 6. The lowest BCUT2D eigenvalue weighted by Gasteiger charge is -2.34. The van der Waals surface area contributed by atoms with Crippen LogP contribution in [0.3, 0.4) is 0 Å². The van der Waals surface area contributed by atoms with Crippen molar-refractivity contribution < 1.29 is 9.53 Å². The molecule has 7 heteroatoms. The molecule has 0 aliphatic carbocycles. The summed E-state index contributed by atoms with van der Waals surface area (Å²) in [6, 6.07) is 8.25. The van der Waals surface area contributed by atoms with Crippen LogP contribution in [0, 0.1) is 0 Å². The highest BCUT2D eigenvalue weighted by Crippen LogP contribution is 2.29. The molecular formula is C17H21N3O2S2. The summed E-state index contributed by atoms with van der Waals surface area (Å²) >= 11 is 3.15. The summed E-state index contributed by atoms with van der Waals surface area (Å²) in [6.07, 6.45) is 3.39. The second-order valence-electron chi connectivity index (χ2n) is 5.67. The van der Waals surface area contributed by atoms with Crippen LogP contribution in [0.5, 0.6) is 0 Å². The summed E-state index contributed by atoms with van der Waals surface area (Å²) in [4.78, 5) is 18.4. The molecule has 1 aliphatic rings. The zero-order valence-corrected chi connectivity index (χ0v) is 15.4. The smallest absolute Gasteiger partial charge is 0.258 e. The van der Waals surface area contributed by atoms with Crippen molar-refractivity contribution in [2.75, 3.05) is 31.8 Å². The van der Waals surface area contributed by atoms with Gasteiger partial charge >= 0.3 is 0 Å². The Kier molecular flexibility index (Phi) is 5.55. The fourth-order valence-corrected chi connectivity index (χ4v) is 3.91. The highest BCUT2D eigenvalue weighted by molar-refractivity contribution is 7.98. The van der Waals surface area contributed by atoms with Crippen LogP contribution in [0.4, 0.5) is 5.13 Å². The Bertz CT molecular complexity index is 694. The number of carbonyl (C=O) groups is 1. The molecule has 1 saturated heterocycles. The third-order valence-electron chi connectivity index (χ3n) is 4.33. The number of thioether (sulfide) groups is 1. The number of piperidine rings is 1. The fraction of sp³-hybridized carbons (Fsp3) is 0.412. The maximum Gasteiger partial charge on any atom is 0.258 e. The van der Waals surface area contributed by atoms with E-state index < -0.39 is 5.60 Å². The standard InChI is InChI=1S/C17H21N3O2S2/c1-22-17(7-9-18-10-8-17)15(21)20-16-19-14(11-24-16)12-3-5-13(23-2)6-4-12/h3-6,11,18H,7-10H2,1-2H3,(H,19,20,21). The Hall–Kier alpha value is -1.41. The first kappa shape index (κ1) is 17.4. The van der Waals surface area contributed by atoms with Crippen molar-refractivity contribution in [1.29, 1.82) is 0 Å². The Morgan fingerprint density at radius 1 is 1.33 bits per heavy atom. The molecule has 0 bridgehead atoms. The van der Waals surface area contributed by atoms with Crippen LogP contribution in [0.1, 0.15) is 12.8 Å². The van der Waals surface area contributed by atoms with Gasteiger partial charge in [0.1, 0.15) is 5.60 Å². The van der Waals surface area contributed by atoms with E-state index in [0.717, 1.165) is 24.3 Å². The van der Waals surface area contributed by atoms with Crippen molar-refractivity contribution in [2.24, 2.45) is 0 Å². The molecule has 0 saturated carbocycles. The van der Waals surface area contributed by atoms with Crippen LogP contribution in [0.25, 0.3) is 11.3 Å². The normalized spacial score (nSPS) is 16.8. The number of nitrogens with zero attached hydrogens (tertiary/aromatic N) is 1. The maximum absolute atomic E-state index is 12.6. The van der Waals surface area contributed by atoms with Crippen LogP contribution in [0.2, 0.25) is 0 Å². The lowest BCUT2D eigenvalue weighted by Crippen LogP contribution is -2.51. The Morgan fingerprint density at radius 3 is 2.67 bits per heavy atom. The summed E-state index contributed by atoms with van der Waals surface area (Å²) in [7, 11) is 1.60. The topological polar surface area (TPSA) is 63.2 Å². The van der Waals surface area contributed by atoms with Crippen molar-refractivity contribution in [3.8, 4) is 11.3 Å². The minimum Gasteiger partial charge on any atom is -0.368 e. The van der Waals surface area contributed by atoms with E-state index in [-0.39, 0.29) is 5.91 Å². The number of ether oxygens (including phenoxy) is 1. The Morgan fingerprint density at radius 2 is 2.04 bits per heavy atom. The molecule has 128 valence electrons. The van der Waals surface area contributed by atoms with Crippen LogP contribution < -0.4 is 10.6 Å². The largest absolute Gasteiger partial charge is 0.368 e. The first-order chi connectivity index (χ1) is 11.7. The van der Waals surface area contributed by atoms with Crippen LogP contribution >= 0.6 is 23.1 Å². The van der Waals surface area contributed by atoms with Crippen LogP contribution in [0.15, 0.2) is 34.5 Å². The van der Waals surface area contributed by atoms with Crippen molar-refractivity contribution >= 4 is 34.1 Å². The van der Waals surface area contributed by atoms with E-state index in [9.17, 15) is 4.79 Å². The van der Waals surface area contributed by atoms with Gasteiger partial charge in [0, 0.05) is 22.9 Å². The molecule has 0 spiro atoms. The van der Waals surface area contributed by atoms with Gasteiger partial charge < -0.3 is 10.1 Å². The number of thiazole rings is 1. The van der Waals surface area contributed by atoms with E-state index in [0.29, 0.717) is 18.0 Å². The summed E-state index contributed by atoms with van der Waals surface area (Å²) in [6.45, 7) is 1.57. The zero-order chi connectivity index (χ0) is 17.0. The van der Waals surface area contributed by atoms with E-state index in [4.69, 9.17) is 4.74 Å². The van der Waals surface area contributed by atoms with Gasteiger partial charge in [-0.1, -0.05) is 12.1 Å². The molecule has 5 nitrogen and oxygen atoms in total. The SMILES string of the molecule is COC1(C(=O)Nc2nc(-c3ccc(SC)cc3)cs2)CCNCC1. The summed E-state index contributed by atoms with van der Waals surface area (Å²) in [5.74, 6) is -0.106. The first-order valence-corrected chi connectivity index (χ1v) is 9.94. The molecule has 2 heterocycles. The van der Waals surface area contributed by atoms with E-state index in [1.54, 1.807) is 18.9 Å². The number of carbonyl (C=O) groups excluding carboxylic acids is 1. The van der Waals surface area contributed by atoms with Crippen molar-refractivity contribution in [2.45, 2.75) is 23.3 Å². The number of anilines is 1. The molecule has 2 aromatic rings. The van der Waals surface area contributed by atoms with E-state index in [1.165, 1.54) is 16.2 Å². The lowest BCUT2D eigenvalue weighted by molar-refractivity contribution is -0.140. The minimum absolute atomic E-state index is 0.106.